The number of anilines is 1. The van der Waals surface area contributed by atoms with E-state index in [-0.39, 0.29) is 27.1 Å². The number of aromatic nitrogens is 3. The zero-order valence-corrected chi connectivity index (χ0v) is 19.8. The van der Waals surface area contributed by atoms with E-state index < -0.39 is 11.9 Å². The van der Waals surface area contributed by atoms with Crippen LogP contribution in [-0.2, 0) is 21.3 Å². The average molecular weight is 475 g/mol. The Morgan fingerprint density at radius 1 is 1.12 bits per heavy atom. The van der Waals surface area contributed by atoms with Crippen molar-refractivity contribution < 1.29 is 23.9 Å². The molecule has 0 radical (unpaired) electrons. The molecule has 1 amide bonds. The SMILES string of the molecule is COC(=O)c1sc(NC(=O)CSc2nnc(-c3cccc(C)c3)n2C)c(C(=O)OC)c1C. The van der Waals surface area contributed by atoms with E-state index in [0.29, 0.717) is 16.5 Å². The van der Waals surface area contributed by atoms with Crippen molar-refractivity contribution in [3.63, 3.8) is 0 Å². The fraction of sp³-hybridized carbons (Fsp3) is 0.286. The Kier molecular flexibility index (Phi) is 7.31. The molecule has 0 unspecified atom stereocenters. The van der Waals surface area contributed by atoms with E-state index in [1.165, 1.54) is 26.0 Å². The molecule has 0 aliphatic carbocycles. The lowest BCUT2D eigenvalue weighted by molar-refractivity contribution is -0.113. The van der Waals surface area contributed by atoms with Crippen LogP contribution in [0, 0.1) is 13.8 Å². The molecule has 11 heteroatoms. The number of ether oxygens (including phenoxy) is 2. The van der Waals surface area contributed by atoms with Crippen molar-refractivity contribution in [1.82, 2.24) is 14.8 Å². The molecular formula is C21H22N4O5S2. The zero-order chi connectivity index (χ0) is 23.4. The van der Waals surface area contributed by atoms with Crippen LogP contribution in [0.3, 0.4) is 0 Å². The van der Waals surface area contributed by atoms with Gasteiger partial charge in [-0.3, -0.25) is 4.79 Å². The van der Waals surface area contributed by atoms with Crippen molar-refractivity contribution in [3.05, 3.63) is 45.8 Å². The summed E-state index contributed by atoms with van der Waals surface area (Å²) in [6.07, 6.45) is 0. The summed E-state index contributed by atoms with van der Waals surface area (Å²) >= 11 is 2.18. The van der Waals surface area contributed by atoms with Gasteiger partial charge in [0.05, 0.1) is 25.5 Å². The van der Waals surface area contributed by atoms with Crippen molar-refractivity contribution in [2.75, 3.05) is 25.3 Å². The van der Waals surface area contributed by atoms with Crippen LogP contribution < -0.4 is 5.32 Å². The molecule has 1 aromatic carbocycles. The first-order valence-corrected chi connectivity index (χ1v) is 11.3. The second kappa shape index (κ2) is 9.96. The topological polar surface area (TPSA) is 112 Å². The van der Waals surface area contributed by atoms with Gasteiger partial charge in [0.25, 0.3) is 0 Å². The summed E-state index contributed by atoms with van der Waals surface area (Å²) in [6.45, 7) is 3.60. The van der Waals surface area contributed by atoms with Gasteiger partial charge in [-0.05, 0) is 25.5 Å². The highest BCUT2D eigenvalue weighted by molar-refractivity contribution is 7.99. The Bertz CT molecular complexity index is 1190. The highest BCUT2D eigenvalue weighted by Crippen LogP contribution is 2.34. The van der Waals surface area contributed by atoms with Crippen LogP contribution >= 0.6 is 23.1 Å². The van der Waals surface area contributed by atoms with Gasteiger partial charge in [0.15, 0.2) is 11.0 Å². The molecule has 3 rings (SSSR count). The summed E-state index contributed by atoms with van der Waals surface area (Å²) < 4.78 is 11.4. The third-order valence-corrected chi connectivity index (χ3v) is 6.81. The molecule has 0 saturated carbocycles. The molecule has 2 aromatic heterocycles. The predicted octanol–water partition coefficient (Wildman–Crippen LogP) is 3.46. The minimum absolute atomic E-state index is 0.0326. The van der Waals surface area contributed by atoms with Crippen molar-refractivity contribution in [1.29, 1.82) is 0 Å². The van der Waals surface area contributed by atoms with Crippen LogP contribution in [-0.4, -0.2) is 52.6 Å². The van der Waals surface area contributed by atoms with E-state index >= 15 is 0 Å². The molecule has 168 valence electrons. The van der Waals surface area contributed by atoms with Crippen molar-refractivity contribution >= 4 is 45.9 Å². The van der Waals surface area contributed by atoms with Gasteiger partial charge in [-0.1, -0.05) is 35.5 Å². The van der Waals surface area contributed by atoms with Crippen molar-refractivity contribution in [3.8, 4) is 11.4 Å². The Morgan fingerprint density at radius 3 is 2.50 bits per heavy atom. The standard InChI is InChI=1S/C21H22N4O5S2/c1-11-7-6-8-13(9-11)17-23-24-21(25(17)3)31-10-14(26)22-18-15(19(27)29-4)12(2)16(32-18)20(28)30-5/h6-9H,10H2,1-5H3,(H,22,26). The molecule has 0 atom stereocenters. The molecule has 0 aliphatic rings. The molecule has 3 aromatic rings. The lowest BCUT2D eigenvalue weighted by Crippen LogP contribution is -2.16. The number of esters is 2. The molecule has 0 fully saturated rings. The zero-order valence-electron chi connectivity index (χ0n) is 18.2. The molecule has 0 spiro atoms. The van der Waals surface area contributed by atoms with E-state index in [9.17, 15) is 14.4 Å². The maximum atomic E-state index is 12.6. The van der Waals surface area contributed by atoms with E-state index in [2.05, 4.69) is 15.5 Å². The second-order valence-electron chi connectivity index (χ2n) is 6.82. The van der Waals surface area contributed by atoms with Crippen LogP contribution in [0.25, 0.3) is 11.4 Å². The summed E-state index contributed by atoms with van der Waals surface area (Å²) in [4.78, 5) is 37.0. The quantitative estimate of drug-likeness (QED) is 0.409. The molecular weight excluding hydrogens is 452 g/mol. The number of nitrogens with one attached hydrogen (secondary N) is 1. The van der Waals surface area contributed by atoms with Gasteiger partial charge in [-0.2, -0.15) is 0 Å². The molecule has 2 heterocycles. The number of thioether (sulfide) groups is 1. The van der Waals surface area contributed by atoms with Gasteiger partial charge in [0, 0.05) is 12.6 Å². The number of nitrogens with zero attached hydrogens (tertiary/aromatic N) is 3. The van der Waals surface area contributed by atoms with E-state index in [1.807, 2.05) is 42.8 Å². The van der Waals surface area contributed by atoms with E-state index in [0.717, 1.165) is 22.5 Å². The number of hydrogen-bond acceptors (Lipinski definition) is 9. The molecule has 0 saturated heterocycles. The van der Waals surface area contributed by atoms with Crippen LogP contribution in [0.4, 0.5) is 5.00 Å². The second-order valence-corrected chi connectivity index (χ2v) is 8.78. The third-order valence-electron chi connectivity index (χ3n) is 4.60. The first-order valence-electron chi connectivity index (χ1n) is 9.45. The highest BCUT2D eigenvalue weighted by Gasteiger charge is 2.27. The molecule has 0 aliphatic heterocycles. The van der Waals surface area contributed by atoms with Gasteiger partial charge in [0.2, 0.25) is 5.91 Å². The van der Waals surface area contributed by atoms with Gasteiger partial charge >= 0.3 is 11.9 Å². The van der Waals surface area contributed by atoms with Gasteiger partial charge in [-0.15, -0.1) is 21.5 Å². The summed E-state index contributed by atoms with van der Waals surface area (Å²) in [7, 11) is 4.32. The number of benzene rings is 1. The monoisotopic (exact) mass is 474 g/mol. The number of amides is 1. The number of aryl methyl sites for hydroxylation is 1. The largest absolute Gasteiger partial charge is 0.465 e. The fourth-order valence-corrected chi connectivity index (χ4v) is 4.85. The van der Waals surface area contributed by atoms with Crippen LogP contribution in [0.2, 0.25) is 0 Å². The van der Waals surface area contributed by atoms with Crippen molar-refractivity contribution in [2.24, 2.45) is 7.05 Å². The number of methoxy groups -OCH3 is 2. The number of rotatable bonds is 7. The third kappa shape index (κ3) is 4.83. The van der Waals surface area contributed by atoms with Gasteiger partial charge in [-0.25, -0.2) is 9.59 Å². The normalized spacial score (nSPS) is 10.7. The Morgan fingerprint density at radius 2 is 1.84 bits per heavy atom. The Hall–Kier alpha value is -3.18. The maximum Gasteiger partial charge on any atom is 0.348 e. The lowest BCUT2D eigenvalue weighted by atomic mass is 10.1. The first-order chi connectivity index (χ1) is 15.3. The molecule has 32 heavy (non-hydrogen) atoms. The van der Waals surface area contributed by atoms with E-state index in [1.54, 1.807) is 6.92 Å². The van der Waals surface area contributed by atoms with E-state index in [4.69, 9.17) is 9.47 Å². The van der Waals surface area contributed by atoms with Gasteiger partial charge < -0.3 is 19.4 Å². The smallest absolute Gasteiger partial charge is 0.348 e. The highest BCUT2D eigenvalue weighted by atomic mass is 32.2. The van der Waals surface area contributed by atoms with Crippen LogP contribution in [0.1, 0.15) is 31.2 Å². The number of carbonyl (C=O) groups is 3. The summed E-state index contributed by atoms with van der Waals surface area (Å²) in [5.41, 5.74) is 2.57. The predicted molar refractivity (Wildman–Crippen MR) is 122 cm³/mol. The lowest BCUT2D eigenvalue weighted by Gasteiger charge is -2.07. The number of hydrogen-bond donors (Lipinski definition) is 1. The van der Waals surface area contributed by atoms with Crippen LogP contribution in [0.5, 0.6) is 0 Å². The summed E-state index contributed by atoms with van der Waals surface area (Å²) in [5.74, 6) is -0.868. The average Bonchev–Trinajstić information content (AvgIpc) is 3.30. The van der Waals surface area contributed by atoms with Crippen LogP contribution in [0.15, 0.2) is 29.4 Å². The molecule has 1 N–H and O–H groups in total. The first kappa shape index (κ1) is 23.5. The Labute approximate surface area is 193 Å². The van der Waals surface area contributed by atoms with Gasteiger partial charge in [0.1, 0.15) is 9.88 Å². The minimum Gasteiger partial charge on any atom is -0.465 e. The minimum atomic E-state index is -0.645. The molecule has 9 nitrogen and oxygen atoms in total. The Balaban J connectivity index is 1.75. The maximum absolute atomic E-state index is 12.6. The molecule has 0 bridgehead atoms. The summed E-state index contributed by atoms with van der Waals surface area (Å²) in [5, 5.41) is 11.9. The fourth-order valence-electron chi connectivity index (χ4n) is 3.01. The number of thiophene rings is 1. The number of carbonyl (C=O) groups excluding carboxylic acids is 3. The summed E-state index contributed by atoms with van der Waals surface area (Å²) in [6, 6.07) is 7.91. The van der Waals surface area contributed by atoms with Crippen molar-refractivity contribution in [2.45, 2.75) is 19.0 Å².